The van der Waals surface area contributed by atoms with Crippen molar-refractivity contribution >= 4 is 0 Å². The molecule has 1 aliphatic carbocycles. The van der Waals surface area contributed by atoms with Gasteiger partial charge in [-0.15, -0.1) is 0 Å². The van der Waals surface area contributed by atoms with Crippen molar-refractivity contribution in [1.82, 2.24) is 4.90 Å². The Kier molecular flexibility index (Phi) is 6.22. The van der Waals surface area contributed by atoms with Gasteiger partial charge in [0.15, 0.2) is 0 Å². The zero-order valence-corrected chi connectivity index (χ0v) is 10.2. The second kappa shape index (κ2) is 7.20. The largest absolute Gasteiger partial charge is 0.383 e. The first-order valence-corrected chi connectivity index (χ1v) is 6.23. The number of nitrogens with zero attached hydrogens (tertiary/aromatic N) is 1. The Bertz CT molecular complexity index is 164. The Balaban J connectivity index is 2.29. The van der Waals surface area contributed by atoms with Crippen LogP contribution in [0.4, 0.5) is 0 Å². The van der Waals surface area contributed by atoms with Crippen molar-refractivity contribution in [3.63, 3.8) is 0 Å². The van der Waals surface area contributed by atoms with Crippen LogP contribution in [0.15, 0.2) is 0 Å². The maximum absolute atomic E-state index is 5.80. The molecule has 3 nitrogen and oxygen atoms in total. The van der Waals surface area contributed by atoms with Gasteiger partial charge in [0.05, 0.1) is 6.61 Å². The highest BCUT2D eigenvalue weighted by atomic mass is 16.5. The third-order valence-electron chi connectivity index (χ3n) is 3.67. The predicted octanol–water partition coefficient (Wildman–Crippen LogP) is 1.33. The summed E-state index contributed by atoms with van der Waals surface area (Å²) in [5, 5.41) is 0. The molecule has 0 aromatic heterocycles. The molecule has 0 radical (unpaired) electrons. The van der Waals surface area contributed by atoms with Gasteiger partial charge in [-0.2, -0.15) is 0 Å². The van der Waals surface area contributed by atoms with E-state index in [1.165, 1.54) is 25.8 Å². The van der Waals surface area contributed by atoms with Crippen LogP contribution >= 0.6 is 0 Å². The number of ether oxygens (including phenoxy) is 1. The van der Waals surface area contributed by atoms with Crippen molar-refractivity contribution in [2.75, 3.05) is 39.9 Å². The van der Waals surface area contributed by atoms with E-state index in [9.17, 15) is 0 Å². The van der Waals surface area contributed by atoms with Crippen LogP contribution in [0.1, 0.15) is 26.2 Å². The van der Waals surface area contributed by atoms with E-state index >= 15 is 0 Å². The van der Waals surface area contributed by atoms with E-state index in [4.69, 9.17) is 10.5 Å². The summed E-state index contributed by atoms with van der Waals surface area (Å²) in [5.74, 6) is 1.59. The Labute approximate surface area is 94.0 Å². The average Bonchev–Trinajstić information content (AvgIpc) is 2.71. The van der Waals surface area contributed by atoms with E-state index < -0.39 is 0 Å². The van der Waals surface area contributed by atoms with Gasteiger partial charge in [-0.05, 0) is 37.8 Å². The maximum Gasteiger partial charge on any atom is 0.0589 e. The van der Waals surface area contributed by atoms with E-state index in [2.05, 4.69) is 11.8 Å². The molecule has 2 N–H and O–H groups in total. The Morgan fingerprint density at radius 3 is 2.67 bits per heavy atom. The van der Waals surface area contributed by atoms with Crippen molar-refractivity contribution in [2.24, 2.45) is 17.6 Å². The zero-order valence-electron chi connectivity index (χ0n) is 10.2. The Morgan fingerprint density at radius 1 is 1.33 bits per heavy atom. The van der Waals surface area contributed by atoms with Crippen molar-refractivity contribution in [3.8, 4) is 0 Å². The summed E-state index contributed by atoms with van der Waals surface area (Å²) in [6.45, 7) is 7.32. The molecule has 0 saturated heterocycles. The Hall–Kier alpha value is -0.120. The molecular formula is C12H26N2O. The smallest absolute Gasteiger partial charge is 0.0589 e. The van der Waals surface area contributed by atoms with Crippen molar-refractivity contribution in [1.29, 1.82) is 0 Å². The van der Waals surface area contributed by atoms with Crippen molar-refractivity contribution < 1.29 is 4.74 Å². The fourth-order valence-corrected chi connectivity index (χ4v) is 2.59. The van der Waals surface area contributed by atoms with Crippen LogP contribution in [0.2, 0.25) is 0 Å². The molecule has 0 heterocycles. The van der Waals surface area contributed by atoms with Gasteiger partial charge in [-0.25, -0.2) is 0 Å². The average molecular weight is 214 g/mol. The van der Waals surface area contributed by atoms with Gasteiger partial charge in [0.1, 0.15) is 0 Å². The minimum atomic E-state index is 0.765. The number of nitrogens with two attached hydrogens (primary N) is 1. The molecule has 1 rings (SSSR count). The van der Waals surface area contributed by atoms with Gasteiger partial charge in [-0.3, -0.25) is 0 Å². The second-order valence-electron chi connectivity index (χ2n) is 4.57. The number of hydrogen-bond donors (Lipinski definition) is 1. The standard InChI is InChI=1S/C12H26N2O/c1-3-14(7-8-15-2)10-12-6-4-5-11(12)9-13/h11-12H,3-10,13H2,1-2H3. The monoisotopic (exact) mass is 214 g/mol. The number of likely N-dealkylation sites (N-methyl/N-ethyl adjacent to an activating group) is 1. The summed E-state index contributed by atoms with van der Waals surface area (Å²) < 4.78 is 5.13. The molecule has 1 aliphatic rings. The molecule has 1 fully saturated rings. The lowest BCUT2D eigenvalue weighted by Crippen LogP contribution is -2.35. The highest BCUT2D eigenvalue weighted by Gasteiger charge is 2.27. The number of hydrogen-bond acceptors (Lipinski definition) is 3. The lowest BCUT2D eigenvalue weighted by atomic mass is 9.95. The highest BCUT2D eigenvalue weighted by molar-refractivity contribution is 4.80. The van der Waals surface area contributed by atoms with Crippen LogP contribution in [-0.2, 0) is 4.74 Å². The number of rotatable bonds is 7. The SMILES string of the molecule is CCN(CCOC)CC1CCCC1CN. The van der Waals surface area contributed by atoms with Gasteiger partial charge in [-0.1, -0.05) is 13.3 Å². The zero-order chi connectivity index (χ0) is 11.1. The summed E-state index contributed by atoms with van der Waals surface area (Å²) in [7, 11) is 1.77. The fourth-order valence-electron chi connectivity index (χ4n) is 2.59. The third kappa shape index (κ3) is 4.09. The van der Waals surface area contributed by atoms with E-state index in [1.54, 1.807) is 7.11 Å². The molecule has 15 heavy (non-hydrogen) atoms. The normalized spacial score (nSPS) is 26.4. The molecule has 2 atom stereocenters. The van der Waals surface area contributed by atoms with Crippen LogP contribution in [0.3, 0.4) is 0 Å². The molecule has 90 valence electrons. The lowest BCUT2D eigenvalue weighted by Gasteiger charge is -2.26. The van der Waals surface area contributed by atoms with Crippen LogP contribution in [0.25, 0.3) is 0 Å². The Morgan fingerprint density at radius 2 is 2.07 bits per heavy atom. The summed E-state index contributed by atoms with van der Waals surface area (Å²) in [6.07, 6.45) is 4.07. The molecule has 3 heteroatoms. The van der Waals surface area contributed by atoms with Gasteiger partial charge >= 0.3 is 0 Å². The molecule has 1 saturated carbocycles. The quantitative estimate of drug-likeness (QED) is 0.695. The molecule has 2 unspecified atom stereocenters. The molecule has 0 amide bonds. The van der Waals surface area contributed by atoms with Crippen molar-refractivity contribution in [2.45, 2.75) is 26.2 Å². The van der Waals surface area contributed by atoms with Crippen LogP contribution < -0.4 is 5.73 Å². The minimum absolute atomic E-state index is 0.765. The van der Waals surface area contributed by atoms with E-state index in [0.717, 1.165) is 38.1 Å². The maximum atomic E-state index is 5.80. The lowest BCUT2D eigenvalue weighted by molar-refractivity contribution is 0.134. The van der Waals surface area contributed by atoms with E-state index in [0.29, 0.717) is 0 Å². The summed E-state index contributed by atoms with van der Waals surface area (Å²) in [6, 6.07) is 0. The number of methoxy groups -OCH3 is 1. The van der Waals surface area contributed by atoms with Gasteiger partial charge in [0.25, 0.3) is 0 Å². The van der Waals surface area contributed by atoms with Crippen molar-refractivity contribution in [3.05, 3.63) is 0 Å². The topological polar surface area (TPSA) is 38.5 Å². The van der Waals surface area contributed by atoms with Gasteiger partial charge in [0, 0.05) is 20.2 Å². The first kappa shape index (κ1) is 12.9. The first-order valence-electron chi connectivity index (χ1n) is 6.23. The molecule has 0 bridgehead atoms. The molecule has 0 aromatic carbocycles. The summed E-state index contributed by atoms with van der Waals surface area (Å²) in [4.78, 5) is 2.49. The minimum Gasteiger partial charge on any atom is -0.383 e. The van der Waals surface area contributed by atoms with Gasteiger partial charge in [0.2, 0.25) is 0 Å². The van der Waals surface area contributed by atoms with E-state index in [1.807, 2.05) is 0 Å². The summed E-state index contributed by atoms with van der Waals surface area (Å²) >= 11 is 0. The summed E-state index contributed by atoms with van der Waals surface area (Å²) in [5.41, 5.74) is 5.80. The van der Waals surface area contributed by atoms with Crippen LogP contribution in [0, 0.1) is 11.8 Å². The van der Waals surface area contributed by atoms with E-state index in [-0.39, 0.29) is 0 Å². The van der Waals surface area contributed by atoms with Gasteiger partial charge < -0.3 is 15.4 Å². The highest BCUT2D eigenvalue weighted by Crippen LogP contribution is 2.31. The molecular weight excluding hydrogens is 188 g/mol. The molecule has 0 aliphatic heterocycles. The third-order valence-corrected chi connectivity index (χ3v) is 3.67. The fraction of sp³-hybridized carbons (Fsp3) is 1.00. The predicted molar refractivity (Wildman–Crippen MR) is 63.9 cm³/mol. The second-order valence-corrected chi connectivity index (χ2v) is 4.57. The van der Waals surface area contributed by atoms with Crippen LogP contribution in [-0.4, -0.2) is 44.8 Å². The molecule has 0 aromatic rings. The van der Waals surface area contributed by atoms with Crippen LogP contribution in [0.5, 0.6) is 0 Å². The first-order chi connectivity index (χ1) is 7.31. The molecule has 0 spiro atoms.